The summed E-state index contributed by atoms with van der Waals surface area (Å²) < 4.78 is 11.2. The van der Waals surface area contributed by atoms with Crippen LogP contribution in [-0.2, 0) is 6.54 Å². The van der Waals surface area contributed by atoms with Crippen LogP contribution in [0.5, 0.6) is 5.75 Å². The molecule has 0 saturated carbocycles. The Kier molecular flexibility index (Phi) is 5.69. The smallest absolute Gasteiger partial charge is 0.335 e. The van der Waals surface area contributed by atoms with Crippen LogP contribution in [0, 0.1) is 10.1 Å². The maximum absolute atomic E-state index is 12.6. The molecule has 1 N–H and O–H groups in total. The van der Waals surface area contributed by atoms with Crippen LogP contribution >= 0.6 is 15.9 Å². The van der Waals surface area contributed by atoms with E-state index in [1.54, 1.807) is 13.2 Å². The van der Waals surface area contributed by atoms with Gasteiger partial charge in [-0.15, -0.1) is 0 Å². The van der Waals surface area contributed by atoms with E-state index in [0.29, 0.717) is 16.8 Å². The number of fused-ring (bicyclic) bond motifs is 1. The fourth-order valence-corrected chi connectivity index (χ4v) is 3.63. The highest BCUT2D eigenvalue weighted by Crippen LogP contribution is 2.36. The summed E-state index contributed by atoms with van der Waals surface area (Å²) in [5, 5.41) is 15.0. The fourth-order valence-electron chi connectivity index (χ4n) is 2.87. The molecule has 8 heteroatoms. The third-order valence-corrected chi connectivity index (χ3v) is 5.10. The van der Waals surface area contributed by atoms with Gasteiger partial charge in [-0.25, -0.2) is 0 Å². The lowest BCUT2D eigenvalue weighted by Gasteiger charge is -2.12. The lowest BCUT2D eigenvalue weighted by molar-refractivity contribution is -0.382. The van der Waals surface area contributed by atoms with E-state index in [4.69, 9.17) is 9.15 Å². The van der Waals surface area contributed by atoms with Crippen LogP contribution in [0.2, 0.25) is 0 Å². The van der Waals surface area contributed by atoms with Crippen LogP contribution in [0.1, 0.15) is 31.1 Å². The van der Waals surface area contributed by atoms with Gasteiger partial charge in [0.1, 0.15) is 21.7 Å². The average Bonchev–Trinajstić information content (AvgIpc) is 2.68. The Hall–Kier alpha value is -2.87. The van der Waals surface area contributed by atoms with Gasteiger partial charge in [0.05, 0.1) is 17.4 Å². The Balaban J connectivity index is 2.07. The zero-order valence-electron chi connectivity index (χ0n) is 15.6. The van der Waals surface area contributed by atoms with Crippen molar-refractivity contribution in [2.75, 3.05) is 12.4 Å². The number of halogens is 1. The molecule has 0 radical (unpaired) electrons. The Labute approximate surface area is 169 Å². The van der Waals surface area contributed by atoms with Crippen molar-refractivity contribution >= 4 is 38.3 Å². The minimum Gasteiger partial charge on any atom is -0.497 e. The molecule has 28 heavy (non-hydrogen) atoms. The van der Waals surface area contributed by atoms with Crippen molar-refractivity contribution in [3.63, 3.8) is 0 Å². The average molecular weight is 447 g/mol. The number of nitro benzene ring substituents is 1. The number of rotatable bonds is 6. The van der Waals surface area contributed by atoms with Gasteiger partial charge in [-0.2, -0.15) is 0 Å². The largest absolute Gasteiger partial charge is 0.497 e. The molecule has 1 heterocycles. The van der Waals surface area contributed by atoms with Gasteiger partial charge in [0.25, 0.3) is 0 Å². The maximum Gasteiger partial charge on any atom is 0.335 e. The molecule has 0 aliphatic heterocycles. The van der Waals surface area contributed by atoms with Crippen LogP contribution in [-0.4, -0.2) is 12.0 Å². The summed E-state index contributed by atoms with van der Waals surface area (Å²) in [6, 6.07) is 10.4. The van der Waals surface area contributed by atoms with Gasteiger partial charge in [-0.05, 0) is 45.8 Å². The van der Waals surface area contributed by atoms with Crippen LogP contribution in [0.25, 0.3) is 11.0 Å². The third-order valence-electron chi connectivity index (χ3n) is 4.35. The van der Waals surface area contributed by atoms with Gasteiger partial charge in [0, 0.05) is 12.5 Å². The Morgan fingerprint density at radius 1 is 1.21 bits per heavy atom. The van der Waals surface area contributed by atoms with Crippen LogP contribution in [0.3, 0.4) is 0 Å². The summed E-state index contributed by atoms with van der Waals surface area (Å²) >= 11 is 3.25. The number of anilines is 1. The molecule has 0 unspecified atom stereocenters. The molecular weight excluding hydrogens is 428 g/mol. The van der Waals surface area contributed by atoms with E-state index in [-0.39, 0.29) is 33.7 Å². The number of hydrogen-bond donors (Lipinski definition) is 1. The van der Waals surface area contributed by atoms with E-state index in [1.807, 2.05) is 38.1 Å². The van der Waals surface area contributed by atoms with Crippen molar-refractivity contribution in [1.82, 2.24) is 0 Å². The first kappa shape index (κ1) is 19.9. The zero-order valence-corrected chi connectivity index (χ0v) is 17.2. The number of methoxy groups -OCH3 is 1. The molecule has 3 rings (SSSR count). The number of nitrogens with zero attached hydrogens (tertiary/aromatic N) is 1. The van der Waals surface area contributed by atoms with Crippen molar-refractivity contribution in [3.05, 3.63) is 72.5 Å². The number of ether oxygens (including phenoxy) is 1. The predicted molar refractivity (Wildman–Crippen MR) is 111 cm³/mol. The van der Waals surface area contributed by atoms with Crippen molar-refractivity contribution in [2.24, 2.45) is 0 Å². The van der Waals surface area contributed by atoms with Crippen LogP contribution in [0.15, 0.2) is 50.1 Å². The molecular formula is C20H19BrN2O5. The molecule has 0 aliphatic rings. The summed E-state index contributed by atoms with van der Waals surface area (Å²) in [4.78, 5) is 23.9. The standard InChI is InChI=1S/C20H19BrN2O5/c1-11(2)19-16(21)18(24)14-8-9-15(17(23(25)26)20(14)28-19)22-10-12-4-6-13(27-3)7-5-12/h4-9,11,22H,10H2,1-3H3. The normalized spacial score (nSPS) is 11.0. The number of benzene rings is 2. The first-order valence-corrected chi connectivity index (χ1v) is 9.43. The van der Waals surface area contributed by atoms with Gasteiger partial charge in [-0.1, -0.05) is 26.0 Å². The second-order valence-corrected chi connectivity index (χ2v) is 7.35. The first-order chi connectivity index (χ1) is 13.3. The topological polar surface area (TPSA) is 94.6 Å². The van der Waals surface area contributed by atoms with E-state index in [2.05, 4.69) is 21.2 Å². The molecule has 0 aliphatic carbocycles. The lowest BCUT2D eigenvalue weighted by Crippen LogP contribution is -2.10. The van der Waals surface area contributed by atoms with Gasteiger partial charge >= 0.3 is 5.69 Å². The molecule has 3 aromatic rings. The monoisotopic (exact) mass is 446 g/mol. The van der Waals surface area contributed by atoms with Crippen LogP contribution in [0.4, 0.5) is 11.4 Å². The minimum atomic E-state index is -0.528. The van der Waals surface area contributed by atoms with Gasteiger partial charge in [0.2, 0.25) is 11.0 Å². The van der Waals surface area contributed by atoms with E-state index in [9.17, 15) is 14.9 Å². The van der Waals surface area contributed by atoms with E-state index in [1.165, 1.54) is 6.07 Å². The molecule has 0 fully saturated rings. The van der Waals surface area contributed by atoms with Crippen molar-refractivity contribution in [3.8, 4) is 5.75 Å². The number of nitro groups is 1. The van der Waals surface area contributed by atoms with Crippen molar-refractivity contribution < 1.29 is 14.1 Å². The molecule has 0 bridgehead atoms. The van der Waals surface area contributed by atoms with E-state index in [0.717, 1.165) is 11.3 Å². The lowest BCUT2D eigenvalue weighted by atomic mass is 10.1. The zero-order chi connectivity index (χ0) is 20.4. The molecule has 7 nitrogen and oxygen atoms in total. The van der Waals surface area contributed by atoms with Gasteiger partial charge in [0.15, 0.2) is 0 Å². The van der Waals surface area contributed by atoms with E-state index < -0.39 is 4.92 Å². The molecule has 2 aromatic carbocycles. The summed E-state index contributed by atoms with van der Waals surface area (Å²) in [5.74, 6) is 1.00. The first-order valence-electron chi connectivity index (χ1n) is 8.64. The minimum absolute atomic E-state index is 0.0263. The number of nitrogens with one attached hydrogen (secondary N) is 1. The number of hydrogen-bond acceptors (Lipinski definition) is 6. The predicted octanol–water partition coefficient (Wildman–Crippen LogP) is 5.21. The molecule has 0 saturated heterocycles. The second-order valence-electron chi connectivity index (χ2n) is 6.56. The Morgan fingerprint density at radius 3 is 2.46 bits per heavy atom. The van der Waals surface area contributed by atoms with Crippen molar-refractivity contribution in [2.45, 2.75) is 26.3 Å². The molecule has 146 valence electrons. The molecule has 0 amide bonds. The summed E-state index contributed by atoms with van der Waals surface area (Å²) in [6.07, 6.45) is 0. The second kappa shape index (κ2) is 8.02. The summed E-state index contributed by atoms with van der Waals surface area (Å²) in [7, 11) is 1.59. The Morgan fingerprint density at radius 2 is 1.89 bits per heavy atom. The van der Waals surface area contributed by atoms with Crippen molar-refractivity contribution in [1.29, 1.82) is 0 Å². The SMILES string of the molecule is COc1ccc(CNc2ccc3c(=O)c(Br)c(C(C)C)oc3c2[N+](=O)[O-])cc1. The molecule has 1 aromatic heterocycles. The van der Waals surface area contributed by atoms with Crippen LogP contribution < -0.4 is 15.5 Å². The summed E-state index contributed by atoms with van der Waals surface area (Å²) in [5.41, 5.74) is 0.609. The Bertz CT molecular complexity index is 1090. The highest BCUT2D eigenvalue weighted by molar-refractivity contribution is 9.10. The van der Waals surface area contributed by atoms with E-state index >= 15 is 0 Å². The third kappa shape index (κ3) is 3.73. The fraction of sp³-hybridized carbons (Fsp3) is 0.250. The quantitative estimate of drug-likeness (QED) is 0.412. The summed E-state index contributed by atoms with van der Waals surface area (Å²) in [6.45, 7) is 4.08. The molecule has 0 spiro atoms. The highest BCUT2D eigenvalue weighted by Gasteiger charge is 2.25. The highest BCUT2D eigenvalue weighted by atomic mass is 79.9. The molecule has 0 atom stereocenters. The van der Waals surface area contributed by atoms with Gasteiger partial charge in [-0.3, -0.25) is 14.9 Å². The van der Waals surface area contributed by atoms with Gasteiger partial charge < -0.3 is 14.5 Å². The maximum atomic E-state index is 12.6.